The molecule has 3 fully saturated rings. The van der Waals surface area contributed by atoms with E-state index in [1.807, 2.05) is 4.90 Å². The lowest BCUT2D eigenvalue weighted by molar-refractivity contribution is -0.142. The van der Waals surface area contributed by atoms with Crippen LogP contribution in [0.5, 0.6) is 0 Å². The Morgan fingerprint density at radius 3 is 2.48 bits per heavy atom. The lowest BCUT2D eigenvalue weighted by Crippen LogP contribution is -2.57. The third-order valence-electron chi connectivity index (χ3n) is 7.74. The number of amides is 2. The van der Waals surface area contributed by atoms with Gasteiger partial charge in [-0.25, -0.2) is 14.4 Å². The quantitative estimate of drug-likeness (QED) is 0.777. The normalized spacial score (nSPS) is 27.0. The van der Waals surface area contributed by atoms with Crippen LogP contribution in [0.15, 0.2) is 42.7 Å². The van der Waals surface area contributed by atoms with Crippen molar-refractivity contribution in [2.75, 3.05) is 31.1 Å². The van der Waals surface area contributed by atoms with Gasteiger partial charge in [-0.15, -0.1) is 0 Å². The fraction of sp³-hybridized carbons (Fsp3) is 0.520. The molecule has 3 aliphatic rings. The van der Waals surface area contributed by atoms with Crippen LogP contribution in [0.2, 0.25) is 0 Å². The smallest absolute Gasteiger partial charge is 0.228 e. The molecule has 8 heteroatoms. The summed E-state index contributed by atoms with van der Waals surface area (Å²) < 4.78 is 13.6. The van der Waals surface area contributed by atoms with Gasteiger partial charge in [0.05, 0.1) is 5.54 Å². The van der Waals surface area contributed by atoms with Gasteiger partial charge in [0.25, 0.3) is 0 Å². The van der Waals surface area contributed by atoms with Gasteiger partial charge in [0.2, 0.25) is 17.8 Å². The second-order valence-corrected chi connectivity index (χ2v) is 9.94. The lowest BCUT2D eigenvalue weighted by atomic mass is 9.76. The Hall–Kier alpha value is -3.03. The molecule has 0 aliphatic carbocycles. The van der Waals surface area contributed by atoms with E-state index in [9.17, 15) is 14.0 Å². The van der Waals surface area contributed by atoms with Gasteiger partial charge in [-0.1, -0.05) is 19.1 Å². The van der Waals surface area contributed by atoms with Crippen molar-refractivity contribution in [3.63, 3.8) is 0 Å². The van der Waals surface area contributed by atoms with Crippen molar-refractivity contribution in [3.05, 3.63) is 54.1 Å². The third-order valence-corrected chi connectivity index (χ3v) is 7.74. The minimum Gasteiger partial charge on any atom is -0.348 e. The van der Waals surface area contributed by atoms with E-state index in [-0.39, 0.29) is 23.5 Å². The van der Waals surface area contributed by atoms with Gasteiger partial charge < -0.3 is 15.1 Å². The number of aromatic nitrogens is 2. The van der Waals surface area contributed by atoms with Gasteiger partial charge in [0.15, 0.2) is 0 Å². The number of nitrogens with one attached hydrogen (secondary N) is 1. The highest BCUT2D eigenvalue weighted by atomic mass is 19.1. The number of carbonyl (C=O) groups excluding carboxylic acids is 2. The molecule has 3 aliphatic heterocycles. The Balaban J connectivity index is 1.35. The molecule has 1 N–H and O–H groups in total. The molecule has 7 nitrogen and oxygen atoms in total. The fourth-order valence-electron chi connectivity index (χ4n) is 5.78. The second-order valence-electron chi connectivity index (χ2n) is 9.94. The number of rotatable bonds is 3. The number of hydrogen-bond acceptors (Lipinski definition) is 5. The molecular formula is C25H30FN5O2. The van der Waals surface area contributed by atoms with Crippen LogP contribution in [0.25, 0.3) is 0 Å². The molecular weight excluding hydrogens is 421 g/mol. The molecule has 2 amide bonds. The molecule has 0 radical (unpaired) electrons. The summed E-state index contributed by atoms with van der Waals surface area (Å²) >= 11 is 0. The zero-order valence-electron chi connectivity index (χ0n) is 19.0. The Bertz CT molecular complexity index is 1020. The summed E-state index contributed by atoms with van der Waals surface area (Å²) in [6.07, 6.45) is 7.05. The van der Waals surface area contributed by atoms with Crippen LogP contribution in [-0.2, 0) is 9.59 Å². The van der Waals surface area contributed by atoms with Crippen LogP contribution < -0.4 is 10.2 Å². The van der Waals surface area contributed by atoms with Crippen molar-refractivity contribution in [2.24, 2.45) is 5.41 Å². The van der Waals surface area contributed by atoms with E-state index in [0.29, 0.717) is 25.5 Å². The van der Waals surface area contributed by atoms with Gasteiger partial charge in [0.1, 0.15) is 5.82 Å². The number of benzene rings is 1. The number of piperidine rings is 2. The Labute approximate surface area is 193 Å². The first-order valence-electron chi connectivity index (χ1n) is 11.8. The summed E-state index contributed by atoms with van der Waals surface area (Å²) in [5.74, 6) is 0.541. The summed E-state index contributed by atoms with van der Waals surface area (Å²) in [6.45, 7) is 4.54. The van der Waals surface area contributed by atoms with Gasteiger partial charge in [0, 0.05) is 56.3 Å². The molecule has 5 rings (SSSR count). The first-order chi connectivity index (χ1) is 15.9. The Kier molecular flexibility index (Phi) is 5.54. The highest BCUT2D eigenvalue weighted by Gasteiger charge is 2.53. The van der Waals surface area contributed by atoms with E-state index < -0.39 is 11.0 Å². The highest BCUT2D eigenvalue weighted by Crippen LogP contribution is 2.44. The largest absolute Gasteiger partial charge is 0.348 e. The van der Waals surface area contributed by atoms with Crippen molar-refractivity contribution in [1.29, 1.82) is 0 Å². The number of anilines is 1. The third kappa shape index (κ3) is 4.07. The molecule has 2 aromatic rings. The van der Waals surface area contributed by atoms with Crippen LogP contribution >= 0.6 is 0 Å². The SMILES string of the molecule is CC1(C(=O)N2C[C@@H](c3ccc(F)cc3)[C@@]3(CCCC(=O)N3)C2)CCN(c2ncccn2)CC1. The maximum absolute atomic E-state index is 13.8. The minimum absolute atomic E-state index is 0.0324. The molecule has 1 spiro atoms. The van der Waals surface area contributed by atoms with Crippen LogP contribution in [0.3, 0.4) is 0 Å². The second kappa shape index (κ2) is 8.39. The maximum atomic E-state index is 13.8. The summed E-state index contributed by atoms with van der Waals surface area (Å²) in [7, 11) is 0. The zero-order chi connectivity index (χ0) is 23.1. The molecule has 4 heterocycles. The molecule has 33 heavy (non-hydrogen) atoms. The number of hydrogen-bond donors (Lipinski definition) is 1. The van der Waals surface area contributed by atoms with E-state index >= 15 is 0 Å². The topological polar surface area (TPSA) is 78.4 Å². The average molecular weight is 452 g/mol. The molecule has 0 saturated carbocycles. The van der Waals surface area contributed by atoms with E-state index in [2.05, 4.69) is 27.1 Å². The molecule has 0 unspecified atom stereocenters. The van der Waals surface area contributed by atoms with Crippen molar-refractivity contribution >= 4 is 17.8 Å². The molecule has 2 atom stereocenters. The van der Waals surface area contributed by atoms with Crippen molar-refractivity contribution < 1.29 is 14.0 Å². The Morgan fingerprint density at radius 2 is 1.82 bits per heavy atom. The first-order valence-corrected chi connectivity index (χ1v) is 11.8. The van der Waals surface area contributed by atoms with Gasteiger partial charge in [-0.3, -0.25) is 9.59 Å². The maximum Gasteiger partial charge on any atom is 0.228 e. The van der Waals surface area contributed by atoms with E-state index in [1.165, 1.54) is 12.1 Å². The predicted molar refractivity (Wildman–Crippen MR) is 122 cm³/mol. The van der Waals surface area contributed by atoms with E-state index in [4.69, 9.17) is 0 Å². The van der Waals surface area contributed by atoms with E-state index in [0.717, 1.165) is 44.3 Å². The summed E-state index contributed by atoms with van der Waals surface area (Å²) in [5, 5.41) is 3.23. The van der Waals surface area contributed by atoms with Crippen molar-refractivity contribution in [3.8, 4) is 0 Å². The Morgan fingerprint density at radius 1 is 1.12 bits per heavy atom. The van der Waals surface area contributed by atoms with Crippen molar-refractivity contribution in [1.82, 2.24) is 20.2 Å². The molecule has 3 saturated heterocycles. The monoisotopic (exact) mass is 451 g/mol. The minimum atomic E-state index is -0.488. The van der Waals surface area contributed by atoms with Crippen LogP contribution in [0.4, 0.5) is 10.3 Å². The molecule has 1 aromatic carbocycles. The number of halogens is 1. The molecule has 1 aromatic heterocycles. The highest BCUT2D eigenvalue weighted by molar-refractivity contribution is 5.84. The van der Waals surface area contributed by atoms with Gasteiger partial charge in [-0.2, -0.15) is 0 Å². The number of likely N-dealkylation sites (tertiary alicyclic amines) is 1. The van der Waals surface area contributed by atoms with Crippen LogP contribution in [0.1, 0.15) is 50.5 Å². The van der Waals surface area contributed by atoms with Crippen molar-refractivity contribution in [2.45, 2.75) is 50.5 Å². The van der Waals surface area contributed by atoms with E-state index in [1.54, 1.807) is 30.6 Å². The average Bonchev–Trinajstić information content (AvgIpc) is 3.18. The summed E-state index contributed by atoms with van der Waals surface area (Å²) in [4.78, 5) is 38.9. The predicted octanol–water partition coefficient (Wildman–Crippen LogP) is 2.89. The number of nitrogens with zero attached hydrogens (tertiary/aromatic N) is 4. The zero-order valence-corrected chi connectivity index (χ0v) is 19.0. The molecule has 0 bridgehead atoms. The lowest BCUT2D eigenvalue weighted by Gasteiger charge is -2.41. The fourth-order valence-corrected chi connectivity index (χ4v) is 5.78. The standard InChI is InChI=1S/C25H30FN5O2/c1-24(10-14-30(15-11-24)23-27-12-3-13-28-23)22(33)31-16-20(18-5-7-19(26)8-6-18)25(17-31)9-2-4-21(32)29-25/h3,5-8,12-13,20H,2,4,9-11,14-17H2,1H3,(H,29,32)/t20-,25+/m0/s1. The van der Waals surface area contributed by atoms with Crippen LogP contribution in [-0.4, -0.2) is 58.4 Å². The summed E-state index contributed by atoms with van der Waals surface area (Å²) in [6, 6.07) is 8.29. The first kappa shape index (κ1) is 21.8. The molecule has 174 valence electrons. The van der Waals surface area contributed by atoms with Gasteiger partial charge in [-0.05, 0) is 49.4 Å². The number of carbonyl (C=O) groups is 2. The summed E-state index contributed by atoms with van der Waals surface area (Å²) in [5.41, 5.74) is 0.00994. The van der Waals surface area contributed by atoms with Gasteiger partial charge >= 0.3 is 0 Å². The van der Waals surface area contributed by atoms with Crippen LogP contribution in [0, 0.1) is 11.2 Å².